The van der Waals surface area contributed by atoms with E-state index in [0.717, 1.165) is 38.8 Å². The molecule has 2 rings (SSSR count). The smallest absolute Gasteiger partial charge is 0.252 e. The predicted octanol–water partition coefficient (Wildman–Crippen LogP) is -0.380. The maximum atomic E-state index is 12.5. The van der Waals surface area contributed by atoms with Gasteiger partial charge in [0.15, 0.2) is 0 Å². The Hall–Kier alpha value is -1.14. The number of nitrogens with one attached hydrogen (secondary N) is 1. The summed E-state index contributed by atoms with van der Waals surface area (Å²) in [5, 5.41) is 3.26. The number of amides is 2. The van der Waals surface area contributed by atoms with E-state index >= 15 is 0 Å². The second-order valence-electron chi connectivity index (χ2n) is 5.45. The summed E-state index contributed by atoms with van der Waals surface area (Å²) >= 11 is 0. The summed E-state index contributed by atoms with van der Waals surface area (Å²) < 4.78 is 5.61. The number of ether oxygens (including phenoxy) is 1. The molecule has 0 radical (unpaired) electrons. The molecular formula is C13H23N3O3. The van der Waals surface area contributed by atoms with Crippen molar-refractivity contribution in [2.24, 2.45) is 5.73 Å². The molecule has 0 saturated carbocycles. The van der Waals surface area contributed by atoms with Gasteiger partial charge in [-0.05, 0) is 39.2 Å². The molecule has 3 unspecified atom stereocenters. The van der Waals surface area contributed by atoms with E-state index in [1.54, 1.807) is 4.90 Å². The van der Waals surface area contributed by atoms with Crippen molar-refractivity contribution in [2.45, 2.75) is 50.9 Å². The highest BCUT2D eigenvalue weighted by Gasteiger charge is 2.35. The fourth-order valence-corrected chi connectivity index (χ4v) is 2.82. The number of nitrogens with zero attached hydrogens (tertiary/aromatic N) is 1. The van der Waals surface area contributed by atoms with Gasteiger partial charge in [0.25, 0.3) is 5.91 Å². The van der Waals surface area contributed by atoms with Crippen molar-refractivity contribution in [1.82, 2.24) is 10.2 Å². The Labute approximate surface area is 113 Å². The summed E-state index contributed by atoms with van der Waals surface area (Å²) in [6, 6.07) is 0.0493. The largest absolute Gasteiger partial charge is 0.368 e. The third-order valence-electron chi connectivity index (χ3n) is 3.83. The molecule has 2 saturated heterocycles. The first-order chi connectivity index (χ1) is 9.08. The normalized spacial score (nSPS) is 31.1. The van der Waals surface area contributed by atoms with Crippen LogP contribution in [0.25, 0.3) is 0 Å². The van der Waals surface area contributed by atoms with Crippen LogP contribution in [0, 0.1) is 0 Å². The summed E-state index contributed by atoms with van der Waals surface area (Å²) in [6.45, 7) is 3.64. The number of hydrogen-bond donors (Lipinski definition) is 2. The van der Waals surface area contributed by atoms with Crippen molar-refractivity contribution >= 4 is 11.8 Å². The molecule has 6 nitrogen and oxygen atoms in total. The second kappa shape index (κ2) is 6.34. The van der Waals surface area contributed by atoms with Crippen molar-refractivity contribution in [3.8, 4) is 0 Å². The van der Waals surface area contributed by atoms with Crippen LogP contribution < -0.4 is 11.1 Å². The zero-order chi connectivity index (χ0) is 13.8. The van der Waals surface area contributed by atoms with Gasteiger partial charge in [-0.25, -0.2) is 0 Å². The standard InChI is InChI=1S/C13H23N3O3/c1-9-4-5-11(19-9)13(18)16(8-12(14)17)10-3-2-6-15-7-10/h9-11,15H,2-8H2,1H3,(H2,14,17). The molecule has 0 aromatic rings. The Morgan fingerprint density at radius 2 is 2.16 bits per heavy atom. The summed E-state index contributed by atoms with van der Waals surface area (Å²) in [6.07, 6.45) is 3.26. The zero-order valence-electron chi connectivity index (χ0n) is 11.4. The molecule has 2 amide bonds. The lowest BCUT2D eigenvalue weighted by Crippen LogP contribution is -2.54. The third kappa shape index (κ3) is 3.67. The van der Waals surface area contributed by atoms with Crippen LogP contribution in [0.3, 0.4) is 0 Å². The number of primary amides is 1. The van der Waals surface area contributed by atoms with E-state index in [9.17, 15) is 9.59 Å². The highest BCUT2D eigenvalue weighted by atomic mass is 16.5. The SMILES string of the molecule is CC1CCC(C(=O)N(CC(N)=O)C2CCCNC2)O1. The Morgan fingerprint density at radius 1 is 1.37 bits per heavy atom. The first kappa shape index (κ1) is 14.3. The van der Waals surface area contributed by atoms with Gasteiger partial charge in [-0.15, -0.1) is 0 Å². The maximum Gasteiger partial charge on any atom is 0.252 e. The minimum atomic E-state index is -0.468. The molecule has 0 aromatic carbocycles. The van der Waals surface area contributed by atoms with Crippen molar-refractivity contribution in [1.29, 1.82) is 0 Å². The van der Waals surface area contributed by atoms with Gasteiger partial charge in [0.1, 0.15) is 6.10 Å². The quantitative estimate of drug-likeness (QED) is 0.728. The Kier molecular flexibility index (Phi) is 4.76. The molecule has 0 bridgehead atoms. The molecule has 2 aliphatic heterocycles. The first-order valence-corrected chi connectivity index (χ1v) is 7.03. The lowest BCUT2D eigenvalue weighted by Gasteiger charge is -2.35. The lowest BCUT2D eigenvalue weighted by atomic mass is 10.0. The molecule has 2 fully saturated rings. The molecule has 0 aromatic heterocycles. The first-order valence-electron chi connectivity index (χ1n) is 7.03. The number of carbonyl (C=O) groups is 2. The highest BCUT2D eigenvalue weighted by Crippen LogP contribution is 2.22. The van der Waals surface area contributed by atoms with E-state index in [4.69, 9.17) is 10.5 Å². The van der Waals surface area contributed by atoms with Crippen LogP contribution in [0.5, 0.6) is 0 Å². The van der Waals surface area contributed by atoms with Gasteiger partial charge in [-0.3, -0.25) is 9.59 Å². The summed E-state index contributed by atoms with van der Waals surface area (Å²) in [7, 11) is 0. The van der Waals surface area contributed by atoms with Crippen LogP contribution in [-0.2, 0) is 14.3 Å². The van der Waals surface area contributed by atoms with Gasteiger partial charge in [-0.1, -0.05) is 0 Å². The van der Waals surface area contributed by atoms with E-state index < -0.39 is 12.0 Å². The minimum absolute atomic E-state index is 0.0145. The van der Waals surface area contributed by atoms with Gasteiger partial charge in [0.2, 0.25) is 5.91 Å². The van der Waals surface area contributed by atoms with Gasteiger partial charge in [0.05, 0.1) is 12.6 Å². The molecular weight excluding hydrogens is 246 g/mol. The molecule has 3 N–H and O–H groups in total. The zero-order valence-corrected chi connectivity index (χ0v) is 11.4. The molecule has 6 heteroatoms. The molecule has 2 aliphatic rings. The van der Waals surface area contributed by atoms with E-state index in [1.165, 1.54) is 0 Å². The van der Waals surface area contributed by atoms with Crippen LogP contribution in [0.1, 0.15) is 32.6 Å². The van der Waals surface area contributed by atoms with Crippen molar-refractivity contribution in [2.75, 3.05) is 19.6 Å². The molecule has 0 spiro atoms. The van der Waals surface area contributed by atoms with Crippen molar-refractivity contribution in [3.05, 3.63) is 0 Å². The summed E-state index contributed by atoms with van der Waals surface area (Å²) in [5.74, 6) is -0.554. The lowest BCUT2D eigenvalue weighted by molar-refractivity contribution is -0.147. The van der Waals surface area contributed by atoms with E-state index in [0.29, 0.717) is 0 Å². The topological polar surface area (TPSA) is 84.7 Å². The average molecular weight is 269 g/mol. The van der Waals surface area contributed by atoms with Gasteiger partial charge < -0.3 is 20.7 Å². The van der Waals surface area contributed by atoms with Crippen molar-refractivity contribution in [3.63, 3.8) is 0 Å². The fourth-order valence-electron chi connectivity index (χ4n) is 2.82. The van der Waals surface area contributed by atoms with E-state index in [1.807, 2.05) is 6.92 Å². The van der Waals surface area contributed by atoms with Gasteiger partial charge in [0, 0.05) is 12.6 Å². The molecule has 19 heavy (non-hydrogen) atoms. The Morgan fingerprint density at radius 3 is 2.68 bits per heavy atom. The average Bonchev–Trinajstić information content (AvgIpc) is 2.83. The van der Waals surface area contributed by atoms with Gasteiger partial charge in [-0.2, -0.15) is 0 Å². The second-order valence-corrected chi connectivity index (χ2v) is 5.45. The number of hydrogen-bond acceptors (Lipinski definition) is 4. The molecule has 108 valence electrons. The predicted molar refractivity (Wildman–Crippen MR) is 70.4 cm³/mol. The van der Waals surface area contributed by atoms with Gasteiger partial charge >= 0.3 is 0 Å². The number of rotatable bonds is 4. The molecule has 0 aliphatic carbocycles. The number of carbonyl (C=O) groups excluding carboxylic acids is 2. The molecule has 2 heterocycles. The summed E-state index contributed by atoms with van der Waals surface area (Å²) in [4.78, 5) is 25.3. The van der Waals surface area contributed by atoms with Crippen LogP contribution in [0.15, 0.2) is 0 Å². The number of nitrogens with two attached hydrogens (primary N) is 1. The Bertz CT molecular complexity index is 342. The molecule has 3 atom stereocenters. The maximum absolute atomic E-state index is 12.5. The van der Waals surface area contributed by atoms with Crippen molar-refractivity contribution < 1.29 is 14.3 Å². The highest BCUT2D eigenvalue weighted by molar-refractivity contribution is 5.86. The van der Waals surface area contributed by atoms with Crippen LogP contribution in [-0.4, -0.2) is 54.6 Å². The van der Waals surface area contributed by atoms with Crippen LogP contribution in [0.4, 0.5) is 0 Å². The summed E-state index contributed by atoms with van der Waals surface area (Å²) in [5.41, 5.74) is 5.27. The van der Waals surface area contributed by atoms with E-state index in [2.05, 4.69) is 5.32 Å². The third-order valence-corrected chi connectivity index (χ3v) is 3.83. The number of piperidine rings is 1. The van der Waals surface area contributed by atoms with E-state index in [-0.39, 0.29) is 24.6 Å². The minimum Gasteiger partial charge on any atom is -0.368 e. The van der Waals surface area contributed by atoms with Crippen LogP contribution in [0.2, 0.25) is 0 Å². The van der Waals surface area contributed by atoms with Crippen LogP contribution >= 0.6 is 0 Å². The Balaban J connectivity index is 2.03. The fraction of sp³-hybridized carbons (Fsp3) is 0.846. The monoisotopic (exact) mass is 269 g/mol.